The SMILES string of the molecule is Cn1c([O-])c(N=NC2=NN=C(C(C)(C)C)C2=C=[N-])c(=O)n(C)c1=O. The Morgan fingerprint density at radius 3 is 2.29 bits per heavy atom. The minimum atomic E-state index is -0.874. The monoisotopic (exact) mass is 329 g/mol. The lowest BCUT2D eigenvalue weighted by Crippen LogP contribution is -2.38. The third kappa shape index (κ3) is 2.74. The van der Waals surface area contributed by atoms with Crippen LogP contribution in [0, 0.1) is 5.41 Å². The Morgan fingerprint density at radius 1 is 1.12 bits per heavy atom. The highest BCUT2D eigenvalue weighted by molar-refractivity contribution is 6.32. The summed E-state index contributed by atoms with van der Waals surface area (Å²) in [5, 5.41) is 36.3. The second-order valence-electron chi connectivity index (χ2n) is 6.17. The van der Waals surface area contributed by atoms with Crippen molar-refractivity contribution >= 4 is 23.1 Å². The molecule has 10 nitrogen and oxygen atoms in total. The van der Waals surface area contributed by atoms with Crippen LogP contribution in [0.3, 0.4) is 0 Å². The highest BCUT2D eigenvalue weighted by Crippen LogP contribution is 2.26. The smallest absolute Gasteiger partial charge is 0.330 e. The molecule has 2 heterocycles. The topological polar surface area (TPSA) is 139 Å². The van der Waals surface area contributed by atoms with Crippen LogP contribution in [0.15, 0.2) is 35.6 Å². The van der Waals surface area contributed by atoms with E-state index in [4.69, 9.17) is 0 Å². The maximum absolute atomic E-state index is 12.0. The highest BCUT2D eigenvalue weighted by Gasteiger charge is 2.29. The van der Waals surface area contributed by atoms with Gasteiger partial charge >= 0.3 is 5.69 Å². The fourth-order valence-electron chi connectivity index (χ4n) is 1.99. The van der Waals surface area contributed by atoms with E-state index in [1.165, 1.54) is 14.1 Å². The lowest BCUT2D eigenvalue weighted by atomic mass is 9.86. The van der Waals surface area contributed by atoms with Crippen molar-refractivity contribution in [2.24, 2.45) is 39.9 Å². The van der Waals surface area contributed by atoms with Crippen LogP contribution < -0.4 is 16.4 Å². The lowest BCUT2D eigenvalue weighted by Gasteiger charge is -2.18. The zero-order valence-corrected chi connectivity index (χ0v) is 13.9. The Bertz CT molecular complexity index is 964. The van der Waals surface area contributed by atoms with Crippen molar-refractivity contribution in [3.63, 3.8) is 0 Å². The molecule has 126 valence electrons. The van der Waals surface area contributed by atoms with Gasteiger partial charge in [-0.05, 0) is 0 Å². The molecule has 1 aliphatic rings. The van der Waals surface area contributed by atoms with Gasteiger partial charge in [-0.3, -0.25) is 15.2 Å². The third-order valence-corrected chi connectivity index (χ3v) is 3.36. The van der Waals surface area contributed by atoms with Gasteiger partial charge in [-0.25, -0.2) is 4.79 Å². The number of amidine groups is 1. The fourth-order valence-corrected chi connectivity index (χ4v) is 1.99. The van der Waals surface area contributed by atoms with Gasteiger partial charge in [0.2, 0.25) is 5.84 Å². The summed E-state index contributed by atoms with van der Waals surface area (Å²) >= 11 is 0. The van der Waals surface area contributed by atoms with Gasteiger partial charge in [0.15, 0.2) is 5.69 Å². The summed E-state index contributed by atoms with van der Waals surface area (Å²) in [6.45, 7) is 5.58. The van der Waals surface area contributed by atoms with Gasteiger partial charge in [0.25, 0.3) is 5.56 Å². The minimum Gasteiger partial charge on any atom is -0.858 e. The molecule has 0 fully saturated rings. The summed E-state index contributed by atoms with van der Waals surface area (Å²) < 4.78 is 1.50. The van der Waals surface area contributed by atoms with E-state index in [1.807, 2.05) is 26.6 Å². The molecule has 0 unspecified atom stereocenters. The van der Waals surface area contributed by atoms with E-state index >= 15 is 0 Å². The molecule has 2 rings (SSSR count). The number of rotatable bonds is 1. The van der Waals surface area contributed by atoms with Crippen LogP contribution in [0.25, 0.3) is 5.41 Å². The van der Waals surface area contributed by atoms with Crippen molar-refractivity contribution in [1.82, 2.24) is 9.13 Å². The zero-order chi connectivity index (χ0) is 18.2. The third-order valence-electron chi connectivity index (χ3n) is 3.36. The quantitative estimate of drug-likeness (QED) is 0.537. The summed E-state index contributed by atoms with van der Waals surface area (Å²) in [4.78, 5) is 23.6. The molecular weight excluding hydrogens is 314 g/mol. The van der Waals surface area contributed by atoms with Crippen molar-refractivity contribution in [3.05, 3.63) is 31.8 Å². The Morgan fingerprint density at radius 2 is 1.75 bits per heavy atom. The number of hydrogen-bond donors (Lipinski definition) is 0. The molecule has 0 N–H and O–H groups in total. The molecule has 0 saturated heterocycles. The molecular formula is C14H15N7O3-2. The molecule has 0 radical (unpaired) electrons. The summed E-state index contributed by atoms with van der Waals surface area (Å²) in [5.41, 5.74) is -2.04. The van der Waals surface area contributed by atoms with E-state index < -0.39 is 28.2 Å². The number of hydrogen-bond acceptors (Lipinski definition) is 7. The fraction of sp³-hybridized carbons (Fsp3) is 0.429. The van der Waals surface area contributed by atoms with Crippen LogP contribution in [0.4, 0.5) is 5.69 Å². The molecule has 0 aromatic carbocycles. The molecule has 0 saturated carbocycles. The summed E-state index contributed by atoms with van der Waals surface area (Å²) in [5.74, 6) is 0.993. The van der Waals surface area contributed by atoms with Crippen LogP contribution in [-0.2, 0) is 14.1 Å². The first kappa shape index (κ1) is 17.2. The Kier molecular flexibility index (Phi) is 4.18. The van der Waals surface area contributed by atoms with E-state index in [0.717, 1.165) is 9.13 Å². The first-order valence-electron chi connectivity index (χ1n) is 6.92. The summed E-state index contributed by atoms with van der Waals surface area (Å²) in [6, 6.07) is 0. The first-order chi connectivity index (χ1) is 11.1. The first-order valence-corrected chi connectivity index (χ1v) is 6.92. The molecule has 1 aromatic heterocycles. The molecule has 0 bridgehead atoms. The van der Waals surface area contributed by atoms with E-state index in [2.05, 4.69) is 20.4 Å². The van der Waals surface area contributed by atoms with E-state index in [1.54, 1.807) is 0 Å². The normalized spacial score (nSPS) is 14.8. The molecule has 10 heteroatoms. The average Bonchev–Trinajstić information content (AvgIpc) is 2.94. The molecule has 0 spiro atoms. The average molecular weight is 329 g/mol. The van der Waals surface area contributed by atoms with Crippen LogP contribution in [0.5, 0.6) is 5.88 Å². The standard InChI is InChI=1S/C14H16N7O3/c1-14(2,3)9-7(6-15)10(19-17-9)18-16-8-11(22)20(4)13(24)21(5)12(8)23/h22H,1-5H3/q-1/p-1. The maximum atomic E-state index is 12.0. The molecule has 1 aromatic rings. The molecule has 24 heavy (non-hydrogen) atoms. The van der Waals surface area contributed by atoms with E-state index in [9.17, 15) is 20.1 Å². The molecule has 1 aliphatic heterocycles. The van der Waals surface area contributed by atoms with Gasteiger partial charge in [0.1, 0.15) is 0 Å². The Labute approximate surface area is 136 Å². The lowest BCUT2D eigenvalue weighted by molar-refractivity contribution is -0.278. The largest absolute Gasteiger partial charge is 0.858 e. The summed E-state index contributed by atoms with van der Waals surface area (Å²) in [6.07, 6.45) is 0. The predicted molar refractivity (Wildman–Crippen MR) is 87.1 cm³/mol. The van der Waals surface area contributed by atoms with Crippen molar-refractivity contribution < 1.29 is 5.11 Å². The van der Waals surface area contributed by atoms with Gasteiger partial charge in [-0.15, -0.1) is 15.3 Å². The number of aromatic nitrogens is 2. The van der Waals surface area contributed by atoms with Gasteiger partial charge in [0, 0.05) is 25.4 Å². The number of azo groups is 1. The van der Waals surface area contributed by atoms with Crippen LogP contribution >= 0.6 is 0 Å². The van der Waals surface area contributed by atoms with Crippen LogP contribution in [0.1, 0.15) is 20.8 Å². The van der Waals surface area contributed by atoms with Gasteiger partial charge in [-0.1, -0.05) is 20.8 Å². The Hall–Kier alpha value is -3.13. The molecule has 0 amide bonds. The van der Waals surface area contributed by atoms with Crippen molar-refractivity contribution in [3.8, 4) is 5.88 Å². The van der Waals surface area contributed by atoms with Crippen molar-refractivity contribution in [2.45, 2.75) is 20.8 Å². The number of nitrogens with zero attached hydrogens (tertiary/aromatic N) is 7. The second kappa shape index (κ2) is 5.82. The minimum absolute atomic E-state index is 0.0854. The molecule has 0 aliphatic carbocycles. The van der Waals surface area contributed by atoms with Gasteiger partial charge in [0.05, 0.1) is 11.3 Å². The predicted octanol–water partition coefficient (Wildman–Crippen LogP) is 0.221. The van der Waals surface area contributed by atoms with Crippen molar-refractivity contribution in [1.29, 1.82) is 0 Å². The van der Waals surface area contributed by atoms with E-state index in [0.29, 0.717) is 5.71 Å². The van der Waals surface area contributed by atoms with E-state index in [-0.39, 0.29) is 11.4 Å². The second-order valence-corrected chi connectivity index (χ2v) is 6.17. The highest BCUT2D eigenvalue weighted by atomic mass is 16.3. The van der Waals surface area contributed by atoms with Crippen LogP contribution in [-0.4, -0.2) is 26.6 Å². The van der Waals surface area contributed by atoms with Crippen molar-refractivity contribution in [2.75, 3.05) is 0 Å². The van der Waals surface area contributed by atoms with Gasteiger partial charge < -0.3 is 15.1 Å². The maximum Gasteiger partial charge on any atom is 0.330 e. The molecule has 0 atom stereocenters. The van der Waals surface area contributed by atoms with Crippen LogP contribution in [0.2, 0.25) is 0 Å². The van der Waals surface area contributed by atoms with Gasteiger partial charge in [-0.2, -0.15) is 5.10 Å². The Balaban J connectivity index is 2.47. The zero-order valence-electron chi connectivity index (χ0n) is 13.9. The summed E-state index contributed by atoms with van der Waals surface area (Å²) in [7, 11) is 2.45.